The molecule has 1 aliphatic rings. The van der Waals surface area contributed by atoms with Crippen LogP contribution in [0.2, 0.25) is 0 Å². The summed E-state index contributed by atoms with van der Waals surface area (Å²) in [4.78, 5) is 0.850. The first-order valence-electron chi connectivity index (χ1n) is 6.83. The summed E-state index contributed by atoms with van der Waals surface area (Å²) in [6.07, 6.45) is 2.08. The van der Waals surface area contributed by atoms with Crippen LogP contribution in [0, 0.1) is 11.8 Å². The van der Waals surface area contributed by atoms with Crippen molar-refractivity contribution >= 4 is 10.8 Å². The summed E-state index contributed by atoms with van der Waals surface area (Å²) in [6.45, 7) is 4.39. The number of hydrogen-bond acceptors (Lipinski definition) is 3. The Labute approximate surface area is 118 Å². The minimum absolute atomic E-state index is 0.0293. The maximum atomic E-state index is 12.7. The zero-order valence-corrected chi connectivity index (χ0v) is 12.7. The molecule has 5 unspecified atom stereocenters. The smallest absolute Gasteiger partial charge is 0.118 e. The monoisotopic (exact) mass is 281 g/mol. The van der Waals surface area contributed by atoms with E-state index in [2.05, 4.69) is 13.8 Å². The molecule has 0 amide bonds. The largest absolute Gasteiger partial charge is 0.497 e. The summed E-state index contributed by atoms with van der Waals surface area (Å²) in [5, 5.41) is 0.0598. The predicted octanol–water partition coefficient (Wildman–Crippen LogP) is 2.56. The summed E-state index contributed by atoms with van der Waals surface area (Å²) in [5.74, 6) is 1.83. The standard InChI is InChI=1S/C15H23NO2S/c1-10-8-11(2)15(14(16)9-10)19(17)13-6-4-12(18-3)5-7-13/h4-7,10-11,14-15H,8-9,16H2,1-3H3. The van der Waals surface area contributed by atoms with E-state index in [1.165, 1.54) is 0 Å². The second-order valence-corrected chi connectivity index (χ2v) is 7.27. The Bertz CT molecular complexity index is 434. The minimum atomic E-state index is -1.04. The van der Waals surface area contributed by atoms with Gasteiger partial charge in [-0.25, -0.2) is 0 Å². The molecule has 1 aromatic carbocycles. The number of benzene rings is 1. The van der Waals surface area contributed by atoms with Crippen molar-refractivity contribution in [1.29, 1.82) is 0 Å². The molecule has 1 aliphatic carbocycles. The molecule has 2 rings (SSSR count). The van der Waals surface area contributed by atoms with Gasteiger partial charge >= 0.3 is 0 Å². The number of ether oxygens (including phenoxy) is 1. The summed E-state index contributed by atoms with van der Waals surface area (Å²) in [6, 6.07) is 7.50. The summed E-state index contributed by atoms with van der Waals surface area (Å²) in [5.41, 5.74) is 6.24. The molecule has 0 aliphatic heterocycles. The summed E-state index contributed by atoms with van der Waals surface area (Å²) >= 11 is 0. The van der Waals surface area contributed by atoms with Gasteiger partial charge in [0.2, 0.25) is 0 Å². The maximum absolute atomic E-state index is 12.7. The normalized spacial score (nSPS) is 32.8. The number of rotatable bonds is 3. The van der Waals surface area contributed by atoms with Gasteiger partial charge in [0, 0.05) is 10.9 Å². The van der Waals surface area contributed by atoms with E-state index in [1.807, 2.05) is 24.3 Å². The van der Waals surface area contributed by atoms with Crippen molar-refractivity contribution in [3.63, 3.8) is 0 Å². The van der Waals surface area contributed by atoms with Gasteiger partial charge in [-0.05, 0) is 48.9 Å². The van der Waals surface area contributed by atoms with Crippen molar-refractivity contribution in [3.8, 4) is 5.75 Å². The Hall–Kier alpha value is -0.870. The molecular weight excluding hydrogens is 258 g/mol. The van der Waals surface area contributed by atoms with Crippen molar-refractivity contribution in [3.05, 3.63) is 24.3 Å². The van der Waals surface area contributed by atoms with Crippen LogP contribution in [0.3, 0.4) is 0 Å². The fourth-order valence-electron chi connectivity index (χ4n) is 3.12. The van der Waals surface area contributed by atoms with Crippen LogP contribution < -0.4 is 10.5 Å². The lowest BCUT2D eigenvalue weighted by Gasteiger charge is -2.37. The predicted molar refractivity (Wildman–Crippen MR) is 78.7 cm³/mol. The molecule has 1 aromatic rings. The molecular formula is C15H23NO2S. The molecule has 0 radical (unpaired) electrons. The number of methoxy groups -OCH3 is 1. The molecule has 5 atom stereocenters. The molecule has 0 heterocycles. The second-order valence-electron chi connectivity index (χ2n) is 5.66. The van der Waals surface area contributed by atoms with Gasteiger partial charge in [0.1, 0.15) is 5.75 Å². The number of nitrogens with two attached hydrogens (primary N) is 1. The molecule has 1 fully saturated rings. The lowest BCUT2D eigenvalue weighted by Crippen LogP contribution is -2.47. The van der Waals surface area contributed by atoms with Crippen molar-refractivity contribution in [1.82, 2.24) is 0 Å². The van der Waals surface area contributed by atoms with Crippen LogP contribution in [0.5, 0.6) is 5.75 Å². The molecule has 1 saturated carbocycles. The molecule has 0 aromatic heterocycles. The van der Waals surface area contributed by atoms with Crippen LogP contribution in [0.4, 0.5) is 0 Å². The van der Waals surface area contributed by atoms with Gasteiger partial charge in [-0.2, -0.15) is 0 Å². The van der Waals surface area contributed by atoms with Crippen LogP contribution in [0.15, 0.2) is 29.2 Å². The average molecular weight is 281 g/mol. The second kappa shape index (κ2) is 6.06. The van der Waals surface area contributed by atoms with Crippen molar-refractivity contribution in [2.75, 3.05) is 7.11 Å². The van der Waals surface area contributed by atoms with E-state index in [9.17, 15) is 4.21 Å². The third-order valence-corrected chi connectivity index (χ3v) is 6.02. The lowest BCUT2D eigenvalue weighted by atomic mass is 9.80. The quantitative estimate of drug-likeness (QED) is 0.926. The Balaban J connectivity index is 2.17. The molecule has 2 N–H and O–H groups in total. The lowest BCUT2D eigenvalue weighted by molar-refractivity contribution is 0.275. The third-order valence-electron chi connectivity index (χ3n) is 3.97. The van der Waals surface area contributed by atoms with Gasteiger partial charge in [0.15, 0.2) is 0 Å². The first-order chi connectivity index (χ1) is 9.02. The molecule has 106 valence electrons. The first-order valence-corrected chi connectivity index (χ1v) is 8.04. The van der Waals surface area contributed by atoms with Crippen LogP contribution in [-0.4, -0.2) is 22.6 Å². The zero-order valence-electron chi connectivity index (χ0n) is 11.8. The fraction of sp³-hybridized carbons (Fsp3) is 0.600. The molecule has 3 nitrogen and oxygen atoms in total. The van der Waals surface area contributed by atoms with E-state index < -0.39 is 10.8 Å². The van der Waals surface area contributed by atoms with Crippen LogP contribution in [0.1, 0.15) is 26.7 Å². The Morgan fingerprint density at radius 3 is 2.37 bits per heavy atom. The van der Waals surface area contributed by atoms with Gasteiger partial charge in [-0.1, -0.05) is 13.8 Å². The van der Waals surface area contributed by atoms with Gasteiger partial charge in [0.05, 0.1) is 23.2 Å². The van der Waals surface area contributed by atoms with E-state index in [4.69, 9.17) is 10.5 Å². The van der Waals surface area contributed by atoms with Gasteiger partial charge in [0.25, 0.3) is 0 Å². The highest BCUT2D eigenvalue weighted by Crippen LogP contribution is 2.33. The first kappa shape index (κ1) is 14.5. The molecule has 4 heteroatoms. The third kappa shape index (κ3) is 3.18. The zero-order chi connectivity index (χ0) is 14.0. The average Bonchev–Trinajstić information content (AvgIpc) is 2.37. The van der Waals surface area contributed by atoms with Crippen molar-refractivity contribution < 1.29 is 8.95 Å². The molecule has 19 heavy (non-hydrogen) atoms. The summed E-state index contributed by atoms with van der Waals surface area (Å²) in [7, 11) is 0.596. The van der Waals surface area contributed by atoms with E-state index in [0.29, 0.717) is 11.8 Å². The van der Waals surface area contributed by atoms with Gasteiger partial charge in [-0.15, -0.1) is 0 Å². The molecule has 0 bridgehead atoms. The van der Waals surface area contributed by atoms with E-state index >= 15 is 0 Å². The van der Waals surface area contributed by atoms with Gasteiger partial charge < -0.3 is 10.5 Å². The van der Waals surface area contributed by atoms with Crippen LogP contribution in [0.25, 0.3) is 0 Å². The van der Waals surface area contributed by atoms with Crippen LogP contribution >= 0.6 is 0 Å². The minimum Gasteiger partial charge on any atom is -0.497 e. The fourth-order valence-corrected chi connectivity index (χ4v) is 4.80. The topological polar surface area (TPSA) is 52.3 Å². The number of hydrogen-bond donors (Lipinski definition) is 1. The van der Waals surface area contributed by atoms with E-state index in [1.54, 1.807) is 7.11 Å². The Kier molecular flexibility index (Phi) is 4.63. The molecule has 0 saturated heterocycles. The SMILES string of the molecule is COc1ccc(S(=O)C2C(C)CC(C)CC2N)cc1. The van der Waals surface area contributed by atoms with E-state index in [-0.39, 0.29) is 11.3 Å². The van der Waals surface area contributed by atoms with Crippen LogP contribution in [-0.2, 0) is 10.8 Å². The van der Waals surface area contributed by atoms with Crippen molar-refractivity contribution in [2.24, 2.45) is 17.6 Å². The van der Waals surface area contributed by atoms with Gasteiger partial charge in [-0.3, -0.25) is 4.21 Å². The highest BCUT2D eigenvalue weighted by atomic mass is 32.2. The van der Waals surface area contributed by atoms with E-state index in [0.717, 1.165) is 23.5 Å². The summed E-state index contributed by atoms with van der Waals surface area (Å²) < 4.78 is 17.8. The van der Waals surface area contributed by atoms with Crippen molar-refractivity contribution in [2.45, 2.75) is 42.9 Å². The maximum Gasteiger partial charge on any atom is 0.118 e. The Morgan fingerprint density at radius 1 is 1.21 bits per heavy atom. The highest BCUT2D eigenvalue weighted by molar-refractivity contribution is 7.85. The highest BCUT2D eigenvalue weighted by Gasteiger charge is 2.36. The Morgan fingerprint density at radius 2 is 1.84 bits per heavy atom. The molecule has 0 spiro atoms.